The molecule has 0 radical (unpaired) electrons. The standard InChI is InChI=1S/C16H17ClFN/c1-3-19-10-12-5-4-11(2)8-15(12)14-7-6-13(17)9-16(14)18/h4-9,19H,3,10H2,1-2H3. The summed E-state index contributed by atoms with van der Waals surface area (Å²) < 4.78 is 14.1. The lowest BCUT2D eigenvalue weighted by atomic mass is 9.97. The van der Waals surface area contributed by atoms with Crippen molar-refractivity contribution in [1.82, 2.24) is 5.32 Å². The third-order valence-electron chi connectivity index (χ3n) is 3.05. The van der Waals surface area contributed by atoms with E-state index in [0.29, 0.717) is 10.6 Å². The van der Waals surface area contributed by atoms with E-state index in [9.17, 15) is 4.39 Å². The van der Waals surface area contributed by atoms with E-state index in [1.54, 1.807) is 12.1 Å². The van der Waals surface area contributed by atoms with E-state index in [1.165, 1.54) is 6.07 Å². The molecule has 0 heterocycles. The first-order valence-electron chi connectivity index (χ1n) is 6.37. The van der Waals surface area contributed by atoms with Gasteiger partial charge in [-0.05, 0) is 42.8 Å². The largest absolute Gasteiger partial charge is 0.313 e. The summed E-state index contributed by atoms with van der Waals surface area (Å²) >= 11 is 5.81. The third kappa shape index (κ3) is 3.34. The highest BCUT2D eigenvalue weighted by molar-refractivity contribution is 6.30. The molecule has 0 aliphatic heterocycles. The van der Waals surface area contributed by atoms with Gasteiger partial charge in [-0.25, -0.2) is 4.39 Å². The molecule has 0 amide bonds. The lowest BCUT2D eigenvalue weighted by Gasteiger charge is -2.12. The summed E-state index contributed by atoms with van der Waals surface area (Å²) in [6.45, 7) is 5.68. The summed E-state index contributed by atoms with van der Waals surface area (Å²) in [5.41, 5.74) is 3.73. The Hall–Kier alpha value is -1.38. The van der Waals surface area contributed by atoms with Gasteiger partial charge >= 0.3 is 0 Å². The minimum Gasteiger partial charge on any atom is -0.313 e. The first-order chi connectivity index (χ1) is 9.11. The minimum atomic E-state index is -0.282. The van der Waals surface area contributed by atoms with E-state index in [0.717, 1.165) is 29.8 Å². The van der Waals surface area contributed by atoms with Gasteiger partial charge in [-0.2, -0.15) is 0 Å². The van der Waals surface area contributed by atoms with Crippen molar-refractivity contribution < 1.29 is 4.39 Å². The van der Waals surface area contributed by atoms with Crippen LogP contribution in [0.2, 0.25) is 5.02 Å². The summed E-state index contributed by atoms with van der Waals surface area (Å²) in [5, 5.41) is 3.70. The fraction of sp³-hybridized carbons (Fsp3) is 0.250. The van der Waals surface area contributed by atoms with E-state index < -0.39 is 0 Å². The third-order valence-corrected chi connectivity index (χ3v) is 3.29. The topological polar surface area (TPSA) is 12.0 Å². The van der Waals surface area contributed by atoms with Crippen LogP contribution in [0.15, 0.2) is 36.4 Å². The summed E-state index contributed by atoms with van der Waals surface area (Å²) in [7, 11) is 0. The van der Waals surface area contributed by atoms with Gasteiger partial charge in [0.1, 0.15) is 5.82 Å². The van der Waals surface area contributed by atoms with Crippen LogP contribution in [0, 0.1) is 12.7 Å². The van der Waals surface area contributed by atoms with Crippen LogP contribution < -0.4 is 5.32 Å². The van der Waals surface area contributed by atoms with Crippen molar-refractivity contribution in [3.63, 3.8) is 0 Å². The van der Waals surface area contributed by atoms with Crippen LogP contribution in [0.4, 0.5) is 4.39 Å². The minimum absolute atomic E-state index is 0.282. The van der Waals surface area contributed by atoms with Gasteiger partial charge in [0.15, 0.2) is 0 Å². The Bertz CT molecular complexity index is 581. The van der Waals surface area contributed by atoms with Crippen molar-refractivity contribution in [2.24, 2.45) is 0 Å². The van der Waals surface area contributed by atoms with Crippen molar-refractivity contribution in [1.29, 1.82) is 0 Å². The Morgan fingerprint density at radius 3 is 2.58 bits per heavy atom. The second-order valence-electron chi connectivity index (χ2n) is 4.57. The Morgan fingerprint density at radius 2 is 1.89 bits per heavy atom. The molecule has 0 saturated heterocycles. The lowest BCUT2D eigenvalue weighted by molar-refractivity contribution is 0.631. The predicted molar refractivity (Wildman–Crippen MR) is 79.0 cm³/mol. The maximum absolute atomic E-state index is 14.1. The second kappa shape index (κ2) is 6.18. The van der Waals surface area contributed by atoms with Crippen molar-refractivity contribution in [2.75, 3.05) is 6.54 Å². The second-order valence-corrected chi connectivity index (χ2v) is 5.00. The summed E-state index contributed by atoms with van der Waals surface area (Å²) in [6.07, 6.45) is 0. The highest BCUT2D eigenvalue weighted by atomic mass is 35.5. The maximum atomic E-state index is 14.1. The van der Waals surface area contributed by atoms with Crippen LogP contribution in [0.25, 0.3) is 11.1 Å². The van der Waals surface area contributed by atoms with Gasteiger partial charge in [-0.3, -0.25) is 0 Å². The highest BCUT2D eigenvalue weighted by Gasteiger charge is 2.10. The molecule has 19 heavy (non-hydrogen) atoms. The van der Waals surface area contributed by atoms with Crippen LogP contribution in [0.1, 0.15) is 18.1 Å². The van der Waals surface area contributed by atoms with Gasteiger partial charge in [0.25, 0.3) is 0 Å². The zero-order valence-corrected chi connectivity index (χ0v) is 11.9. The van der Waals surface area contributed by atoms with E-state index >= 15 is 0 Å². The zero-order chi connectivity index (χ0) is 13.8. The summed E-state index contributed by atoms with van der Waals surface area (Å²) in [6, 6.07) is 10.9. The number of hydrogen-bond acceptors (Lipinski definition) is 1. The molecule has 0 saturated carbocycles. The van der Waals surface area contributed by atoms with Gasteiger partial charge in [0, 0.05) is 17.1 Å². The van der Waals surface area contributed by atoms with Crippen LogP contribution in [-0.2, 0) is 6.54 Å². The quantitative estimate of drug-likeness (QED) is 0.864. The molecule has 0 fully saturated rings. The average Bonchev–Trinajstić information content (AvgIpc) is 2.37. The van der Waals surface area contributed by atoms with Crippen LogP contribution >= 0.6 is 11.6 Å². The summed E-state index contributed by atoms with van der Waals surface area (Å²) in [4.78, 5) is 0. The van der Waals surface area contributed by atoms with Crippen LogP contribution in [0.5, 0.6) is 0 Å². The van der Waals surface area contributed by atoms with E-state index in [2.05, 4.69) is 12.2 Å². The fourth-order valence-corrected chi connectivity index (χ4v) is 2.22. The molecule has 100 valence electrons. The first kappa shape index (κ1) is 14.0. The molecule has 1 nitrogen and oxygen atoms in total. The van der Waals surface area contributed by atoms with Crippen LogP contribution in [0.3, 0.4) is 0 Å². The zero-order valence-electron chi connectivity index (χ0n) is 11.1. The number of halogens is 2. The highest BCUT2D eigenvalue weighted by Crippen LogP contribution is 2.29. The Kier molecular flexibility index (Phi) is 4.56. The molecule has 2 aromatic carbocycles. The normalized spacial score (nSPS) is 10.7. The lowest BCUT2D eigenvalue weighted by Crippen LogP contribution is -2.12. The van der Waals surface area contributed by atoms with E-state index in [1.807, 2.05) is 25.1 Å². The number of nitrogens with one attached hydrogen (secondary N) is 1. The number of aryl methyl sites for hydroxylation is 1. The van der Waals surface area contributed by atoms with E-state index in [-0.39, 0.29) is 5.82 Å². The van der Waals surface area contributed by atoms with Crippen molar-refractivity contribution >= 4 is 11.6 Å². The van der Waals surface area contributed by atoms with E-state index in [4.69, 9.17) is 11.6 Å². The van der Waals surface area contributed by atoms with Gasteiger partial charge in [-0.1, -0.05) is 42.3 Å². The molecule has 0 bridgehead atoms. The number of benzene rings is 2. The molecule has 1 N–H and O–H groups in total. The number of hydrogen-bond donors (Lipinski definition) is 1. The molecular weight excluding hydrogens is 261 g/mol. The first-order valence-corrected chi connectivity index (χ1v) is 6.75. The number of rotatable bonds is 4. The van der Waals surface area contributed by atoms with Crippen molar-refractivity contribution in [3.8, 4) is 11.1 Å². The molecule has 3 heteroatoms. The predicted octanol–water partition coefficient (Wildman–Crippen LogP) is 4.56. The van der Waals surface area contributed by atoms with Crippen molar-refractivity contribution in [3.05, 3.63) is 58.4 Å². The smallest absolute Gasteiger partial charge is 0.132 e. The van der Waals surface area contributed by atoms with Crippen LogP contribution in [-0.4, -0.2) is 6.54 Å². The SMILES string of the molecule is CCNCc1ccc(C)cc1-c1ccc(Cl)cc1F. The molecule has 0 aromatic heterocycles. The van der Waals surface area contributed by atoms with Gasteiger partial charge in [0.2, 0.25) is 0 Å². The van der Waals surface area contributed by atoms with Gasteiger partial charge in [0.05, 0.1) is 0 Å². The Morgan fingerprint density at radius 1 is 1.11 bits per heavy atom. The van der Waals surface area contributed by atoms with Crippen molar-refractivity contribution in [2.45, 2.75) is 20.4 Å². The maximum Gasteiger partial charge on any atom is 0.132 e. The molecule has 0 unspecified atom stereocenters. The van der Waals surface area contributed by atoms with Gasteiger partial charge < -0.3 is 5.32 Å². The molecule has 0 atom stereocenters. The molecule has 0 aliphatic rings. The average molecular weight is 278 g/mol. The Balaban J connectivity index is 2.49. The molecule has 2 rings (SSSR count). The molecule has 2 aromatic rings. The Labute approximate surface area is 118 Å². The molecular formula is C16H17ClFN. The molecule has 0 spiro atoms. The monoisotopic (exact) mass is 277 g/mol. The summed E-state index contributed by atoms with van der Waals surface area (Å²) in [5.74, 6) is -0.282. The van der Waals surface area contributed by atoms with Gasteiger partial charge in [-0.15, -0.1) is 0 Å². The fourth-order valence-electron chi connectivity index (χ4n) is 2.06. The molecule has 0 aliphatic carbocycles.